The molecule has 0 aromatic carbocycles. The molecular weight excluding hydrogens is 340 g/mol. The van der Waals surface area contributed by atoms with Gasteiger partial charge in [-0.15, -0.1) is 0 Å². The minimum absolute atomic E-state index is 0.275. The van der Waals surface area contributed by atoms with Crippen LogP contribution in [0.25, 0.3) is 0 Å². The monoisotopic (exact) mass is 380 g/mol. The maximum absolute atomic E-state index is 6.00. The van der Waals surface area contributed by atoms with Crippen molar-refractivity contribution in [3.05, 3.63) is 12.1 Å². The number of morpholine rings is 1. The van der Waals surface area contributed by atoms with Crippen LogP contribution in [0, 0.1) is 0 Å². The van der Waals surface area contributed by atoms with E-state index >= 15 is 0 Å². The van der Waals surface area contributed by atoms with Crippen LogP contribution < -0.4 is 15.4 Å². The van der Waals surface area contributed by atoms with Gasteiger partial charge in [-0.05, 0) is 26.7 Å². The Hall–Kier alpha value is -1.53. The number of ether oxygens (including phenoxy) is 2. The molecular formula is C21H40N4O2. The Morgan fingerprint density at radius 2 is 1.74 bits per heavy atom. The standard InChI is InChI=1S/C19H34N4O2.C2H6/c1-5-7-23(8-6-2)17-11-18(20)21-19(12-17)24-10-9-22-13-15(3)25-16(4)14-22;1-2/h11-12,15-16H,5-10,13-14H2,1-4H3,(H2,20,21);1-2H3. The summed E-state index contributed by atoms with van der Waals surface area (Å²) in [6.07, 6.45) is 2.76. The largest absolute Gasteiger partial charge is 0.476 e. The van der Waals surface area contributed by atoms with Crippen LogP contribution in [0.4, 0.5) is 11.5 Å². The fraction of sp³-hybridized carbons (Fsp3) is 0.762. The average molecular weight is 381 g/mol. The van der Waals surface area contributed by atoms with Crippen LogP contribution in [0.3, 0.4) is 0 Å². The smallest absolute Gasteiger partial charge is 0.217 e. The van der Waals surface area contributed by atoms with Crippen molar-refractivity contribution in [1.82, 2.24) is 9.88 Å². The highest BCUT2D eigenvalue weighted by Gasteiger charge is 2.21. The van der Waals surface area contributed by atoms with E-state index in [0.717, 1.165) is 51.3 Å². The Labute approximate surface area is 166 Å². The van der Waals surface area contributed by atoms with E-state index in [1.807, 2.05) is 26.0 Å². The summed E-state index contributed by atoms with van der Waals surface area (Å²) in [5.74, 6) is 1.12. The summed E-state index contributed by atoms with van der Waals surface area (Å²) in [4.78, 5) is 9.06. The van der Waals surface area contributed by atoms with Crippen molar-refractivity contribution in [1.29, 1.82) is 0 Å². The van der Waals surface area contributed by atoms with Gasteiger partial charge >= 0.3 is 0 Å². The van der Waals surface area contributed by atoms with Crippen molar-refractivity contribution >= 4 is 11.5 Å². The van der Waals surface area contributed by atoms with Gasteiger partial charge in [0.05, 0.1) is 12.2 Å². The van der Waals surface area contributed by atoms with Crippen molar-refractivity contribution in [3.63, 3.8) is 0 Å². The van der Waals surface area contributed by atoms with Gasteiger partial charge in [-0.25, -0.2) is 0 Å². The molecule has 1 aromatic rings. The van der Waals surface area contributed by atoms with Crippen molar-refractivity contribution in [2.45, 2.75) is 66.6 Å². The number of hydrogen-bond acceptors (Lipinski definition) is 6. The molecule has 0 amide bonds. The molecule has 2 N–H and O–H groups in total. The maximum atomic E-state index is 6.00. The summed E-state index contributed by atoms with van der Waals surface area (Å²) in [6, 6.07) is 3.94. The third-order valence-electron chi connectivity index (χ3n) is 4.31. The predicted octanol–water partition coefficient (Wildman–Crippen LogP) is 3.80. The van der Waals surface area contributed by atoms with Crippen LogP contribution in [-0.4, -0.2) is 61.4 Å². The Bertz CT molecular complexity index is 511. The predicted molar refractivity (Wildman–Crippen MR) is 115 cm³/mol. The van der Waals surface area contributed by atoms with Crippen LogP contribution >= 0.6 is 0 Å². The lowest BCUT2D eigenvalue weighted by atomic mass is 10.2. The SMILES string of the molecule is CC.CCCN(CCC)c1cc(N)nc(OCCN2CC(C)OC(C)C2)c1. The van der Waals surface area contributed by atoms with Gasteiger partial charge in [0.1, 0.15) is 12.4 Å². The molecule has 1 aliphatic heterocycles. The van der Waals surface area contributed by atoms with Crippen LogP contribution in [0.2, 0.25) is 0 Å². The van der Waals surface area contributed by atoms with Crippen molar-refractivity contribution < 1.29 is 9.47 Å². The molecule has 2 heterocycles. The molecule has 0 bridgehead atoms. The summed E-state index contributed by atoms with van der Waals surface area (Å²) in [5, 5.41) is 0. The second kappa shape index (κ2) is 12.8. The van der Waals surface area contributed by atoms with Crippen molar-refractivity contribution in [3.8, 4) is 5.88 Å². The first-order chi connectivity index (χ1) is 13.0. The fourth-order valence-electron chi connectivity index (χ4n) is 3.42. The van der Waals surface area contributed by atoms with Gasteiger partial charge < -0.3 is 20.1 Å². The maximum Gasteiger partial charge on any atom is 0.217 e. The number of aromatic nitrogens is 1. The number of rotatable bonds is 9. The molecule has 2 rings (SSSR count). The normalized spacial score (nSPS) is 19.9. The third-order valence-corrected chi connectivity index (χ3v) is 4.31. The Kier molecular flexibility index (Phi) is 11.1. The zero-order chi connectivity index (χ0) is 20.2. The van der Waals surface area contributed by atoms with E-state index in [-0.39, 0.29) is 12.2 Å². The fourth-order valence-corrected chi connectivity index (χ4v) is 3.42. The van der Waals surface area contributed by atoms with Crippen LogP contribution in [-0.2, 0) is 4.74 Å². The molecule has 2 unspecified atom stereocenters. The lowest BCUT2D eigenvalue weighted by Gasteiger charge is -2.35. The minimum Gasteiger partial charge on any atom is -0.476 e. The molecule has 1 aliphatic rings. The van der Waals surface area contributed by atoms with E-state index in [1.54, 1.807) is 0 Å². The lowest BCUT2D eigenvalue weighted by Crippen LogP contribution is -2.46. The number of nitrogen functional groups attached to an aromatic ring is 1. The number of nitrogens with zero attached hydrogens (tertiary/aromatic N) is 3. The highest BCUT2D eigenvalue weighted by Crippen LogP contribution is 2.23. The molecule has 0 saturated carbocycles. The second-order valence-corrected chi connectivity index (χ2v) is 6.94. The van der Waals surface area contributed by atoms with E-state index in [4.69, 9.17) is 15.2 Å². The van der Waals surface area contributed by atoms with Gasteiger partial charge in [-0.2, -0.15) is 4.98 Å². The summed E-state index contributed by atoms with van der Waals surface area (Å²) in [6.45, 7) is 18.0. The Morgan fingerprint density at radius 1 is 1.15 bits per heavy atom. The Morgan fingerprint density at radius 3 is 2.30 bits per heavy atom. The number of anilines is 2. The van der Waals surface area contributed by atoms with Gasteiger partial charge in [-0.3, -0.25) is 4.90 Å². The van der Waals surface area contributed by atoms with Crippen molar-refractivity contribution in [2.24, 2.45) is 0 Å². The zero-order valence-corrected chi connectivity index (χ0v) is 18.2. The van der Waals surface area contributed by atoms with Gasteiger partial charge in [0, 0.05) is 50.5 Å². The van der Waals surface area contributed by atoms with E-state index in [2.05, 4.69) is 42.5 Å². The van der Waals surface area contributed by atoms with Gasteiger partial charge in [-0.1, -0.05) is 27.7 Å². The van der Waals surface area contributed by atoms with E-state index in [0.29, 0.717) is 18.3 Å². The molecule has 156 valence electrons. The third kappa shape index (κ3) is 8.35. The molecule has 27 heavy (non-hydrogen) atoms. The topological polar surface area (TPSA) is 63.8 Å². The number of pyridine rings is 1. The van der Waals surface area contributed by atoms with Gasteiger partial charge in [0.15, 0.2) is 0 Å². The summed E-state index contributed by atoms with van der Waals surface area (Å²) in [5.41, 5.74) is 7.09. The minimum atomic E-state index is 0.275. The highest BCUT2D eigenvalue weighted by molar-refractivity contribution is 5.55. The van der Waals surface area contributed by atoms with Crippen LogP contribution in [0.15, 0.2) is 12.1 Å². The molecule has 1 fully saturated rings. The quantitative estimate of drug-likeness (QED) is 0.703. The molecule has 0 radical (unpaired) electrons. The molecule has 1 saturated heterocycles. The zero-order valence-electron chi connectivity index (χ0n) is 18.2. The number of hydrogen-bond donors (Lipinski definition) is 1. The molecule has 2 atom stereocenters. The molecule has 6 nitrogen and oxygen atoms in total. The summed E-state index contributed by atoms with van der Waals surface area (Å²) < 4.78 is 11.7. The Balaban J connectivity index is 0.00000176. The molecule has 0 aliphatic carbocycles. The molecule has 0 spiro atoms. The van der Waals surface area contributed by atoms with E-state index in [9.17, 15) is 0 Å². The summed E-state index contributed by atoms with van der Waals surface area (Å²) >= 11 is 0. The van der Waals surface area contributed by atoms with Crippen LogP contribution in [0.5, 0.6) is 5.88 Å². The first-order valence-corrected chi connectivity index (χ1v) is 10.5. The van der Waals surface area contributed by atoms with Crippen molar-refractivity contribution in [2.75, 3.05) is 50.0 Å². The lowest BCUT2D eigenvalue weighted by molar-refractivity contribution is -0.0700. The van der Waals surface area contributed by atoms with Gasteiger partial charge in [0.2, 0.25) is 5.88 Å². The summed E-state index contributed by atoms with van der Waals surface area (Å²) in [7, 11) is 0. The first-order valence-electron chi connectivity index (χ1n) is 10.5. The van der Waals surface area contributed by atoms with E-state index in [1.165, 1.54) is 0 Å². The number of nitrogens with two attached hydrogens (primary N) is 1. The average Bonchev–Trinajstić information content (AvgIpc) is 2.62. The highest BCUT2D eigenvalue weighted by atomic mass is 16.5. The van der Waals surface area contributed by atoms with Crippen LogP contribution in [0.1, 0.15) is 54.4 Å². The molecule has 1 aromatic heterocycles. The second-order valence-electron chi connectivity index (χ2n) is 6.94. The first kappa shape index (κ1) is 23.5. The molecule has 6 heteroatoms. The van der Waals surface area contributed by atoms with Gasteiger partial charge in [0.25, 0.3) is 0 Å². The van der Waals surface area contributed by atoms with E-state index < -0.39 is 0 Å².